The van der Waals surface area contributed by atoms with Crippen LogP contribution in [0.3, 0.4) is 0 Å². The van der Waals surface area contributed by atoms with Crippen molar-refractivity contribution in [3.05, 3.63) is 57.3 Å². The van der Waals surface area contributed by atoms with Gasteiger partial charge in [-0.3, -0.25) is 4.98 Å². The zero-order valence-corrected chi connectivity index (χ0v) is 13.5. The van der Waals surface area contributed by atoms with E-state index in [1.54, 1.807) is 6.20 Å². The first-order valence-corrected chi connectivity index (χ1v) is 7.24. The molecule has 0 aliphatic heterocycles. The minimum absolute atomic E-state index is 0.00978. The predicted octanol–water partition coefficient (Wildman–Crippen LogP) is 3.17. The molecule has 0 atom stereocenters. The average Bonchev–Trinajstić information content (AvgIpc) is 2.50. The average molecular weight is 349 g/mol. The van der Waals surface area contributed by atoms with E-state index in [1.165, 1.54) is 11.1 Å². The number of oxime groups is 1. The van der Waals surface area contributed by atoms with Gasteiger partial charge in [-0.05, 0) is 43.2 Å². The van der Waals surface area contributed by atoms with E-state index < -0.39 is 0 Å². The lowest BCUT2D eigenvalue weighted by atomic mass is 10.1. The van der Waals surface area contributed by atoms with Crippen LogP contribution in [0.4, 0.5) is 5.69 Å². The smallest absolute Gasteiger partial charge is 0.189 e. The molecule has 0 amide bonds. The first-order chi connectivity index (χ1) is 10.0. The van der Waals surface area contributed by atoms with Crippen LogP contribution >= 0.6 is 15.9 Å². The van der Waals surface area contributed by atoms with Gasteiger partial charge in [0.25, 0.3) is 0 Å². The zero-order chi connectivity index (χ0) is 15.4. The van der Waals surface area contributed by atoms with Crippen molar-refractivity contribution in [1.29, 1.82) is 0 Å². The van der Waals surface area contributed by atoms with E-state index >= 15 is 0 Å². The van der Waals surface area contributed by atoms with Gasteiger partial charge in [0.15, 0.2) is 5.84 Å². The highest BCUT2D eigenvalue weighted by Gasteiger charge is 2.08. The molecule has 1 heterocycles. The lowest BCUT2D eigenvalue weighted by molar-refractivity contribution is 0.318. The first kappa shape index (κ1) is 15.3. The third kappa shape index (κ3) is 3.52. The van der Waals surface area contributed by atoms with Crippen molar-refractivity contribution in [2.75, 3.05) is 5.32 Å². The summed E-state index contributed by atoms with van der Waals surface area (Å²) < 4.78 is 1.12. The highest BCUT2D eigenvalue weighted by Crippen LogP contribution is 2.25. The number of anilines is 1. The molecule has 0 unspecified atom stereocenters. The van der Waals surface area contributed by atoms with Crippen LogP contribution in [0.1, 0.15) is 22.4 Å². The molecule has 1 aromatic carbocycles. The number of nitrogens with zero attached hydrogens (tertiary/aromatic N) is 2. The zero-order valence-electron chi connectivity index (χ0n) is 11.9. The Morgan fingerprint density at radius 2 is 2.05 bits per heavy atom. The van der Waals surface area contributed by atoms with Gasteiger partial charge in [-0.1, -0.05) is 27.2 Å². The highest BCUT2D eigenvalue weighted by atomic mass is 79.9. The number of amidine groups is 1. The molecule has 4 N–H and O–H groups in total. The molecule has 0 aliphatic rings. The van der Waals surface area contributed by atoms with Crippen LogP contribution in [0, 0.1) is 13.8 Å². The molecule has 5 nitrogen and oxygen atoms in total. The van der Waals surface area contributed by atoms with Crippen LogP contribution in [0.15, 0.2) is 40.1 Å². The predicted molar refractivity (Wildman–Crippen MR) is 87.7 cm³/mol. The summed E-state index contributed by atoms with van der Waals surface area (Å²) in [6.07, 6.45) is 1.62. The van der Waals surface area contributed by atoms with Crippen LogP contribution in [0.5, 0.6) is 0 Å². The highest BCUT2D eigenvalue weighted by molar-refractivity contribution is 9.10. The largest absolute Gasteiger partial charge is 0.409 e. The van der Waals surface area contributed by atoms with Crippen molar-refractivity contribution in [2.24, 2.45) is 10.9 Å². The summed E-state index contributed by atoms with van der Waals surface area (Å²) in [6, 6.07) is 7.85. The summed E-state index contributed by atoms with van der Waals surface area (Å²) in [4.78, 5) is 4.15. The maximum atomic E-state index is 8.80. The summed E-state index contributed by atoms with van der Waals surface area (Å²) in [7, 11) is 0. The molecule has 2 rings (SSSR count). The molecule has 2 aromatic rings. The number of pyridine rings is 1. The second-order valence-electron chi connectivity index (χ2n) is 4.77. The second-order valence-corrected chi connectivity index (χ2v) is 5.57. The fourth-order valence-electron chi connectivity index (χ4n) is 2.10. The molecule has 21 heavy (non-hydrogen) atoms. The molecule has 0 saturated carbocycles. The molecular formula is C15H17BrN4O. The quantitative estimate of drug-likeness (QED) is 0.343. The van der Waals surface area contributed by atoms with E-state index in [-0.39, 0.29) is 5.84 Å². The van der Waals surface area contributed by atoms with Crippen molar-refractivity contribution in [3.8, 4) is 0 Å². The molecule has 110 valence electrons. The van der Waals surface area contributed by atoms with E-state index in [0.29, 0.717) is 12.2 Å². The summed E-state index contributed by atoms with van der Waals surface area (Å²) >= 11 is 3.55. The number of hydrogen-bond donors (Lipinski definition) is 3. The van der Waals surface area contributed by atoms with Crippen LogP contribution in [-0.4, -0.2) is 16.0 Å². The molecular weight excluding hydrogens is 332 g/mol. The maximum Gasteiger partial charge on any atom is 0.189 e. The minimum atomic E-state index is 0.00978. The lowest BCUT2D eigenvalue weighted by Crippen LogP contribution is -2.18. The van der Waals surface area contributed by atoms with Crippen LogP contribution in [0.25, 0.3) is 0 Å². The minimum Gasteiger partial charge on any atom is -0.409 e. The van der Waals surface area contributed by atoms with Crippen molar-refractivity contribution < 1.29 is 5.21 Å². The maximum absolute atomic E-state index is 8.80. The molecule has 0 radical (unpaired) electrons. The third-order valence-electron chi connectivity index (χ3n) is 3.16. The Bertz CT molecular complexity index is 662. The van der Waals surface area contributed by atoms with Gasteiger partial charge in [-0.15, -0.1) is 0 Å². The Balaban J connectivity index is 2.21. The Hall–Kier alpha value is -2.08. The Morgan fingerprint density at radius 1 is 1.38 bits per heavy atom. The summed E-state index contributed by atoms with van der Waals surface area (Å²) in [6.45, 7) is 4.64. The number of aromatic nitrogens is 1. The van der Waals surface area contributed by atoms with Crippen LogP contribution < -0.4 is 11.1 Å². The SMILES string of the molecule is Cc1cc(NCc2cccnc2/C(N)=N/O)cc(C)c1Br. The van der Waals surface area contributed by atoms with Crippen LogP contribution in [0.2, 0.25) is 0 Å². The van der Waals surface area contributed by atoms with Gasteiger partial charge in [0.05, 0.1) is 0 Å². The van der Waals surface area contributed by atoms with Gasteiger partial charge in [-0.2, -0.15) is 0 Å². The third-order valence-corrected chi connectivity index (χ3v) is 4.41. The van der Waals surface area contributed by atoms with Gasteiger partial charge in [0.1, 0.15) is 5.69 Å². The van der Waals surface area contributed by atoms with Crippen molar-refractivity contribution in [2.45, 2.75) is 20.4 Å². The summed E-state index contributed by atoms with van der Waals surface area (Å²) in [5.74, 6) is 0.00978. The fourth-order valence-corrected chi connectivity index (χ4v) is 2.33. The summed E-state index contributed by atoms with van der Waals surface area (Å²) in [5.41, 5.74) is 10.3. The van der Waals surface area contributed by atoms with E-state index in [9.17, 15) is 0 Å². The lowest BCUT2D eigenvalue weighted by Gasteiger charge is -2.12. The number of nitrogens with one attached hydrogen (secondary N) is 1. The first-order valence-electron chi connectivity index (χ1n) is 6.45. The van der Waals surface area contributed by atoms with Gasteiger partial charge < -0.3 is 16.3 Å². The topological polar surface area (TPSA) is 83.5 Å². The second kappa shape index (κ2) is 6.58. The molecule has 0 bridgehead atoms. The monoisotopic (exact) mass is 348 g/mol. The Morgan fingerprint density at radius 3 is 2.67 bits per heavy atom. The van der Waals surface area contributed by atoms with Gasteiger partial charge in [-0.25, -0.2) is 0 Å². The number of benzene rings is 1. The number of nitrogens with two attached hydrogens (primary N) is 1. The molecule has 1 aromatic heterocycles. The van der Waals surface area contributed by atoms with Gasteiger partial charge in [0, 0.05) is 28.5 Å². The van der Waals surface area contributed by atoms with E-state index in [1.807, 2.05) is 26.0 Å². The van der Waals surface area contributed by atoms with Gasteiger partial charge in [0.2, 0.25) is 0 Å². The Kier molecular flexibility index (Phi) is 4.80. The fraction of sp³-hybridized carbons (Fsp3) is 0.200. The molecule has 0 fully saturated rings. The van der Waals surface area contributed by atoms with E-state index in [4.69, 9.17) is 10.9 Å². The number of aryl methyl sites for hydroxylation is 2. The van der Waals surface area contributed by atoms with E-state index in [0.717, 1.165) is 15.7 Å². The normalized spacial score (nSPS) is 11.5. The van der Waals surface area contributed by atoms with Crippen molar-refractivity contribution >= 4 is 27.5 Å². The molecule has 6 heteroatoms. The van der Waals surface area contributed by atoms with Gasteiger partial charge >= 0.3 is 0 Å². The van der Waals surface area contributed by atoms with Crippen molar-refractivity contribution in [1.82, 2.24) is 4.98 Å². The standard InChI is InChI=1S/C15H17BrN4O/c1-9-6-12(7-10(2)13(9)16)19-8-11-4-3-5-18-14(11)15(17)20-21/h3-7,19,21H,8H2,1-2H3,(H2,17,20). The van der Waals surface area contributed by atoms with Crippen LogP contribution in [-0.2, 0) is 6.54 Å². The Labute approximate surface area is 132 Å². The molecule has 0 spiro atoms. The van der Waals surface area contributed by atoms with E-state index in [2.05, 4.69) is 43.5 Å². The molecule has 0 saturated heterocycles. The number of rotatable bonds is 4. The molecule has 0 aliphatic carbocycles. The number of hydrogen-bond acceptors (Lipinski definition) is 4. The van der Waals surface area contributed by atoms with Crippen molar-refractivity contribution in [3.63, 3.8) is 0 Å². The summed E-state index contributed by atoms with van der Waals surface area (Å²) in [5, 5.41) is 15.1. The number of halogens is 1.